The standard InChI is InChI=1S/C9H6BrNO2/c10-6-1-2-7-5(3-6)4-8(11-7)9(12)13/h1-4,7H,(H,12,13)/t7-/m0/s1. The van der Waals surface area contributed by atoms with E-state index >= 15 is 0 Å². The first kappa shape index (κ1) is 8.44. The summed E-state index contributed by atoms with van der Waals surface area (Å²) in [7, 11) is 0. The van der Waals surface area contributed by atoms with Crippen molar-refractivity contribution in [3.8, 4) is 0 Å². The Hall–Kier alpha value is -1.16. The summed E-state index contributed by atoms with van der Waals surface area (Å²) < 4.78 is 0.942. The van der Waals surface area contributed by atoms with E-state index in [2.05, 4.69) is 20.9 Å². The first-order valence-corrected chi connectivity index (χ1v) is 4.54. The SMILES string of the molecule is O=C(O)C1=N[C@H]2C=CC(Br)=CC2=C1. The van der Waals surface area contributed by atoms with Gasteiger partial charge in [-0.1, -0.05) is 22.0 Å². The Morgan fingerprint density at radius 1 is 1.54 bits per heavy atom. The summed E-state index contributed by atoms with van der Waals surface area (Å²) >= 11 is 3.32. The molecule has 0 amide bonds. The highest BCUT2D eigenvalue weighted by Crippen LogP contribution is 2.26. The number of carboxylic acid groups (broad SMARTS) is 1. The van der Waals surface area contributed by atoms with Crippen LogP contribution in [-0.4, -0.2) is 22.8 Å². The largest absolute Gasteiger partial charge is 0.477 e. The van der Waals surface area contributed by atoms with Gasteiger partial charge in [0.1, 0.15) is 5.71 Å². The molecule has 0 fully saturated rings. The van der Waals surface area contributed by atoms with E-state index in [0.717, 1.165) is 10.1 Å². The number of hydrogen-bond acceptors (Lipinski definition) is 2. The second-order valence-electron chi connectivity index (χ2n) is 2.80. The molecule has 0 radical (unpaired) electrons. The Kier molecular flexibility index (Phi) is 1.92. The van der Waals surface area contributed by atoms with E-state index in [1.165, 1.54) is 0 Å². The van der Waals surface area contributed by atoms with Gasteiger partial charge in [0.05, 0.1) is 6.04 Å². The average molecular weight is 240 g/mol. The number of carbonyl (C=O) groups is 1. The van der Waals surface area contributed by atoms with Crippen molar-refractivity contribution in [2.24, 2.45) is 4.99 Å². The highest BCUT2D eigenvalue weighted by Gasteiger charge is 2.22. The van der Waals surface area contributed by atoms with Gasteiger partial charge in [0.2, 0.25) is 0 Å². The van der Waals surface area contributed by atoms with Gasteiger partial charge in [-0.3, -0.25) is 4.99 Å². The van der Waals surface area contributed by atoms with Crippen LogP contribution in [-0.2, 0) is 4.79 Å². The maximum Gasteiger partial charge on any atom is 0.354 e. The lowest BCUT2D eigenvalue weighted by atomic mass is 10.0. The molecule has 0 aromatic heterocycles. The Labute approximate surface area is 83.3 Å². The third kappa shape index (κ3) is 1.49. The maximum atomic E-state index is 10.6. The minimum atomic E-state index is -0.972. The smallest absolute Gasteiger partial charge is 0.354 e. The zero-order valence-corrected chi connectivity index (χ0v) is 8.15. The van der Waals surface area contributed by atoms with Crippen molar-refractivity contribution in [2.45, 2.75) is 6.04 Å². The molecule has 1 aliphatic heterocycles. The number of aliphatic imine (C=N–C) groups is 1. The summed E-state index contributed by atoms with van der Waals surface area (Å²) in [6.45, 7) is 0. The molecular formula is C9H6BrNO2. The lowest BCUT2D eigenvalue weighted by Crippen LogP contribution is -2.08. The molecule has 2 rings (SSSR count). The van der Waals surface area contributed by atoms with Crippen LogP contribution in [0.1, 0.15) is 0 Å². The normalized spacial score (nSPS) is 24.7. The zero-order valence-electron chi connectivity index (χ0n) is 6.57. The number of nitrogens with zero attached hydrogens (tertiary/aromatic N) is 1. The molecule has 4 heteroatoms. The molecular weight excluding hydrogens is 234 g/mol. The van der Waals surface area contributed by atoms with Gasteiger partial charge in [-0.2, -0.15) is 0 Å². The molecule has 0 unspecified atom stereocenters. The fourth-order valence-electron chi connectivity index (χ4n) is 1.29. The number of hydrogen-bond donors (Lipinski definition) is 1. The molecule has 66 valence electrons. The van der Waals surface area contributed by atoms with Crippen LogP contribution in [0.2, 0.25) is 0 Å². The maximum absolute atomic E-state index is 10.6. The lowest BCUT2D eigenvalue weighted by Gasteiger charge is -2.08. The predicted octanol–water partition coefficient (Wildman–Crippen LogP) is 1.67. The fraction of sp³-hybridized carbons (Fsp3) is 0.111. The van der Waals surface area contributed by atoms with Crippen LogP contribution in [0.5, 0.6) is 0 Å². The summed E-state index contributed by atoms with van der Waals surface area (Å²) in [4.78, 5) is 14.6. The third-order valence-electron chi connectivity index (χ3n) is 1.88. The van der Waals surface area contributed by atoms with E-state index in [4.69, 9.17) is 5.11 Å². The van der Waals surface area contributed by atoms with Crippen LogP contribution < -0.4 is 0 Å². The molecule has 0 aromatic carbocycles. The second kappa shape index (κ2) is 2.96. The van der Waals surface area contributed by atoms with Crippen molar-refractivity contribution in [1.29, 1.82) is 0 Å². The van der Waals surface area contributed by atoms with Crippen LogP contribution >= 0.6 is 15.9 Å². The van der Waals surface area contributed by atoms with Crippen LogP contribution in [0, 0.1) is 0 Å². The highest BCUT2D eigenvalue weighted by atomic mass is 79.9. The van der Waals surface area contributed by atoms with Gasteiger partial charge in [-0.05, 0) is 23.8 Å². The van der Waals surface area contributed by atoms with E-state index in [-0.39, 0.29) is 11.8 Å². The second-order valence-corrected chi connectivity index (χ2v) is 3.71. The number of fused-ring (bicyclic) bond motifs is 1. The number of halogens is 1. The summed E-state index contributed by atoms with van der Waals surface area (Å²) in [6, 6.07) is -0.104. The van der Waals surface area contributed by atoms with Gasteiger partial charge in [-0.25, -0.2) is 4.79 Å². The number of rotatable bonds is 1. The fourth-order valence-corrected chi connectivity index (χ4v) is 1.71. The van der Waals surface area contributed by atoms with Gasteiger partial charge in [0.25, 0.3) is 0 Å². The number of aliphatic carboxylic acids is 1. The van der Waals surface area contributed by atoms with Crippen molar-refractivity contribution in [3.05, 3.63) is 34.4 Å². The third-order valence-corrected chi connectivity index (χ3v) is 2.38. The Balaban J connectivity index is 2.36. The zero-order chi connectivity index (χ0) is 9.42. The van der Waals surface area contributed by atoms with Gasteiger partial charge in [0.15, 0.2) is 0 Å². The van der Waals surface area contributed by atoms with Crippen LogP contribution in [0.15, 0.2) is 39.4 Å². The van der Waals surface area contributed by atoms with E-state index < -0.39 is 5.97 Å². The molecule has 1 N–H and O–H groups in total. The minimum absolute atomic E-state index is 0.104. The van der Waals surface area contributed by atoms with Crippen LogP contribution in [0.3, 0.4) is 0 Å². The van der Waals surface area contributed by atoms with Gasteiger partial charge >= 0.3 is 5.97 Å². The first-order chi connectivity index (χ1) is 6.16. The van der Waals surface area contributed by atoms with Crippen molar-refractivity contribution in [2.75, 3.05) is 0 Å². The predicted molar refractivity (Wildman–Crippen MR) is 53.1 cm³/mol. The molecule has 1 atom stereocenters. The summed E-state index contributed by atoms with van der Waals surface area (Å²) in [6.07, 6.45) is 7.21. The number of carboxylic acids is 1. The van der Waals surface area contributed by atoms with E-state index in [1.54, 1.807) is 6.08 Å². The van der Waals surface area contributed by atoms with E-state index in [9.17, 15) is 4.79 Å². The molecule has 0 saturated carbocycles. The average Bonchev–Trinajstić information content (AvgIpc) is 2.46. The molecule has 1 heterocycles. The van der Waals surface area contributed by atoms with Crippen molar-refractivity contribution in [1.82, 2.24) is 0 Å². The molecule has 1 aliphatic carbocycles. The minimum Gasteiger partial charge on any atom is -0.477 e. The molecule has 0 bridgehead atoms. The molecule has 13 heavy (non-hydrogen) atoms. The molecule has 2 aliphatic rings. The van der Waals surface area contributed by atoms with Crippen LogP contribution in [0.4, 0.5) is 0 Å². The summed E-state index contributed by atoms with van der Waals surface area (Å²) in [5.41, 5.74) is 1.05. The van der Waals surface area contributed by atoms with E-state index in [1.807, 2.05) is 18.2 Å². The van der Waals surface area contributed by atoms with Crippen molar-refractivity contribution in [3.63, 3.8) is 0 Å². The van der Waals surface area contributed by atoms with Gasteiger partial charge in [0, 0.05) is 4.48 Å². The molecule has 3 nitrogen and oxygen atoms in total. The van der Waals surface area contributed by atoms with Crippen LogP contribution in [0.25, 0.3) is 0 Å². The summed E-state index contributed by atoms with van der Waals surface area (Å²) in [5, 5.41) is 8.69. The Morgan fingerprint density at radius 3 is 3.00 bits per heavy atom. The van der Waals surface area contributed by atoms with Crippen molar-refractivity contribution >= 4 is 27.6 Å². The quantitative estimate of drug-likeness (QED) is 0.757. The van der Waals surface area contributed by atoms with E-state index in [0.29, 0.717) is 0 Å². The highest BCUT2D eigenvalue weighted by molar-refractivity contribution is 9.11. The lowest BCUT2D eigenvalue weighted by molar-refractivity contribution is -0.129. The topological polar surface area (TPSA) is 49.7 Å². The first-order valence-electron chi connectivity index (χ1n) is 3.75. The Bertz CT molecular complexity index is 390. The molecule has 0 aromatic rings. The van der Waals surface area contributed by atoms with Gasteiger partial charge in [-0.15, -0.1) is 0 Å². The molecule has 0 saturated heterocycles. The molecule has 0 spiro atoms. The van der Waals surface area contributed by atoms with Gasteiger partial charge < -0.3 is 5.11 Å². The Morgan fingerprint density at radius 2 is 2.31 bits per heavy atom. The summed E-state index contributed by atoms with van der Waals surface area (Å²) in [5.74, 6) is -0.972. The van der Waals surface area contributed by atoms with Crippen molar-refractivity contribution < 1.29 is 9.90 Å². The monoisotopic (exact) mass is 239 g/mol. The number of allylic oxidation sites excluding steroid dienone is 2.